The molecule has 258 valence electrons. The molecule has 2 nitrogen and oxygen atoms in total. The van der Waals surface area contributed by atoms with Gasteiger partial charge in [0.2, 0.25) is 0 Å². The number of benzene rings is 9. The molecule has 0 fully saturated rings. The van der Waals surface area contributed by atoms with Gasteiger partial charge in [-0.25, -0.2) is 0 Å². The number of anilines is 3. The summed E-state index contributed by atoms with van der Waals surface area (Å²) in [5.74, 6) is 0. The number of hydrogen-bond donors (Lipinski definition) is 0. The van der Waals surface area contributed by atoms with Crippen molar-refractivity contribution < 1.29 is 4.42 Å². The van der Waals surface area contributed by atoms with Crippen LogP contribution >= 0.6 is 11.3 Å². The third kappa shape index (κ3) is 5.32. The van der Waals surface area contributed by atoms with Crippen LogP contribution < -0.4 is 4.90 Å². The van der Waals surface area contributed by atoms with Gasteiger partial charge in [0.25, 0.3) is 0 Å². The number of rotatable bonds is 6. The quantitative estimate of drug-likeness (QED) is 0.170. The molecule has 0 spiro atoms. The lowest BCUT2D eigenvalue weighted by Gasteiger charge is -2.27. The van der Waals surface area contributed by atoms with Gasteiger partial charge >= 0.3 is 0 Å². The third-order valence-electron chi connectivity index (χ3n) is 10.9. The van der Waals surface area contributed by atoms with Crippen LogP contribution in [0.15, 0.2) is 205 Å². The summed E-state index contributed by atoms with van der Waals surface area (Å²) in [7, 11) is 0. The molecule has 3 heteroatoms. The molecule has 0 radical (unpaired) electrons. The second-order valence-corrected chi connectivity index (χ2v) is 15.1. The van der Waals surface area contributed by atoms with Gasteiger partial charge in [0.05, 0.1) is 0 Å². The van der Waals surface area contributed by atoms with Crippen molar-refractivity contribution in [1.82, 2.24) is 0 Å². The van der Waals surface area contributed by atoms with Crippen molar-refractivity contribution >= 4 is 81.3 Å². The molecule has 0 aliphatic carbocycles. The minimum Gasteiger partial charge on any atom is -0.456 e. The SMILES string of the molecule is c1cc(-c2cccc3ccccc23)cc(N(c2ccc(-c3cccc4oc5ccccc5c34)cc2)c2cccc(-c3cccc4sc5ccccc5c34)c2)c1. The lowest BCUT2D eigenvalue weighted by Crippen LogP contribution is -2.10. The Kier molecular flexibility index (Phi) is 7.39. The Hall–Kier alpha value is -6.94. The van der Waals surface area contributed by atoms with Crippen LogP contribution in [0, 0.1) is 0 Å². The summed E-state index contributed by atoms with van der Waals surface area (Å²) in [6.07, 6.45) is 0. The van der Waals surface area contributed by atoms with Gasteiger partial charge in [-0.15, -0.1) is 11.3 Å². The minimum atomic E-state index is 0.903. The molecule has 0 aliphatic rings. The van der Waals surface area contributed by atoms with Crippen molar-refractivity contribution in [3.63, 3.8) is 0 Å². The van der Waals surface area contributed by atoms with E-state index >= 15 is 0 Å². The summed E-state index contributed by atoms with van der Waals surface area (Å²) in [5, 5.41) is 7.38. The molecule has 2 heterocycles. The summed E-state index contributed by atoms with van der Waals surface area (Å²) in [6, 6.07) is 72.3. The van der Waals surface area contributed by atoms with Crippen LogP contribution in [0.2, 0.25) is 0 Å². The van der Waals surface area contributed by atoms with Gasteiger partial charge in [0, 0.05) is 48.0 Å². The number of hydrogen-bond acceptors (Lipinski definition) is 3. The molecule has 0 bridgehead atoms. The van der Waals surface area contributed by atoms with E-state index in [-0.39, 0.29) is 0 Å². The zero-order valence-corrected chi connectivity index (χ0v) is 30.6. The molecule has 11 aromatic rings. The summed E-state index contributed by atoms with van der Waals surface area (Å²) < 4.78 is 8.87. The van der Waals surface area contributed by atoms with E-state index in [2.05, 4.69) is 193 Å². The lowest BCUT2D eigenvalue weighted by atomic mass is 9.97. The van der Waals surface area contributed by atoms with E-state index in [0.29, 0.717) is 0 Å². The molecular weight excluding hydrogens is 687 g/mol. The van der Waals surface area contributed by atoms with Crippen LogP contribution in [0.5, 0.6) is 0 Å². The fraction of sp³-hybridized carbons (Fsp3) is 0. The first-order chi connectivity index (χ1) is 27.3. The predicted molar refractivity (Wildman–Crippen MR) is 235 cm³/mol. The highest BCUT2D eigenvalue weighted by Crippen LogP contribution is 2.44. The van der Waals surface area contributed by atoms with Gasteiger partial charge in [-0.05, 0) is 105 Å². The van der Waals surface area contributed by atoms with Crippen LogP contribution in [-0.4, -0.2) is 0 Å². The Morgan fingerprint density at radius 3 is 1.73 bits per heavy atom. The average molecular weight is 720 g/mol. The van der Waals surface area contributed by atoms with E-state index in [0.717, 1.165) is 50.1 Å². The molecule has 11 rings (SSSR count). The molecule has 0 amide bonds. The van der Waals surface area contributed by atoms with Crippen LogP contribution in [-0.2, 0) is 0 Å². The zero-order chi connectivity index (χ0) is 36.3. The van der Waals surface area contributed by atoms with Crippen molar-refractivity contribution in [3.8, 4) is 33.4 Å². The predicted octanol–water partition coefficient (Wildman–Crippen LogP) is 15.6. The van der Waals surface area contributed by atoms with Gasteiger partial charge in [0.1, 0.15) is 11.2 Å². The highest BCUT2D eigenvalue weighted by Gasteiger charge is 2.18. The average Bonchev–Trinajstić information content (AvgIpc) is 3.83. The molecule has 0 saturated heterocycles. The summed E-state index contributed by atoms with van der Waals surface area (Å²) in [6.45, 7) is 0. The van der Waals surface area contributed by atoms with E-state index in [1.54, 1.807) is 0 Å². The maximum Gasteiger partial charge on any atom is 0.136 e. The summed E-state index contributed by atoms with van der Waals surface area (Å²) in [5.41, 5.74) is 12.2. The Labute approximate surface area is 322 Å². The number of thiophene rings is 1. The monoisotopic (exact) mass is 719 g/mol. The fourth-order valence-electron chi connectivity index (χ4n) is 8.37. The summed E-state index contributed by atoms with van der Waals surface area (Å²) >= 11 is 1.86. The van der Waals surface area contributed by atoms with E-state index in [1.165, 1.54) is 53.2 Å². The highest BCUT2D eigenvalue weighted by molar-refractivity contribution is 7.25. The maximum atomic E-state index is 6.25. The van der Waals surface area contributed by atoms with Crippen molar-refractivity contribution in [2.24, 2.45) is 0 Å². The largest absolute Gasteiger partial charge is 0.456 e. The molecular formula is C52H33NOS. The van der Waals surface area contributed by atoms with E-state index < -0.39 is 0 Å². The first kappa shape index (κ1) is 31.6. The zero-order valence-electron chi connectivity index (χ0n) is 29.8. The first-order valence-electron chi connectivity index (χ1n) is 18.7. The van der Waals surface area contributed by atoms with Crippen molar-refractivity contribution in [1.29, 1.82) is 0 Å². The molecule has 55 heavy (non-hydrogen) atoms. The molecule has 2 aromatic heterocycles. The fourth-order valence-corrected chi connectivity index (χ4v) is 9.50. The van der Waals surface area contributed by atoms with Crippen molar-refractivity contribution in [2.45, 2.75) is 0 Å². The second-order valence-electron chi connectivity index (χ2n) is 14.1. The first-order valence-corrected chi connectivity index (χ1v) is 19.5. The lowest BCUT2D eigenvalue weighted by molar-refractivity contribution is 0.669. The van der Waals surface area contributed by atoms with E-state index in [4.69, 9.17) is 4.42 Å². The van der Waals surface area contributed by atoms with Crippen LogP contribution in [0.25, 0.3) is 86.3 Å². The Morgan fingerprint density at radius 2 is 0.909 bits per heavy atom. The number of fused-ring (bicyclic) bond motifs is 7. The molecule has 0 atom stereocenters. The second kappa shape index (κ2) is 12.9. The maximum absolute atomic E-state index is 6.25. The number of para-hydroxylation sites is 1. The van der Waals surface area contributed by atoms with Crippen LogP contribution in [0.3, 0.4) is 0 Å². The van der Waals surface area contributed by atoms with Gasteiger partial charge in [-0.3, -0.25) is 0 Å². The van der Waals surface area contributed by atoms with Crippen molar-refractivity contribution in [3.05, 3.63) is 200 Å². The van der Waals surface area contributed by atoms with Crippen LogP contribution in [0.4, 0.5) is 17.1 Å². The van der Waals surface area contributed by atoms with Crippen LogP contribution in [0.1, 0.15) is 0 Å². The Bertz CT molecular complexity index is 3220. The topological polar surface area (TPSA) is 16.4 Å². The molecule has 9 aromatic carbocycles. The number of nitrogens with zero attached hydrogens (tertiary/aromatic N) is 1. The smallest absolute Gasteiger partial charge is 0.136 e. The minimum absolute atomic E-state index is 0.903. The van der Waals surface area contributed by atoms with E-state index in [1.807, 2.05) is 23.5 Å². The number of furan rings is 1. The Balaban J connectivity index is 1.08. The standard InChI is InChI=1S/C52H33NOS/c1-2-18-41-34(12-1)13-9-21-42(41)36-14-7-16-39(32-36)53(38-30-28-35(29-31-38)43-22-10-25-48-51(43)45-19-3-5-24-47(45)54-48)40-17-8-15-37(33-40)44-23-11-27-50-52(44)46-20-4-6-26-49(46)55-50/h1-33H. The van der Waals surface area contributed by atoms with Gasteiger partial charge in [-0.1, -0.05) is 140 Å². The van der Waals surface area contributed by atoms with Crippen molar-refractivity contribution in [2.75, 3.05) is 4.90 Å². The summed E-state index contributed by atoms with van der Waals surface area (Å²) in [4.78, 5) is 2.39. The normalized spacial score (nSPS) is 11.6. The van der Waals surface area contributed by atoms with E-state index in [9.17, 15) is 0 Å². The third-order valence-corrected chi connectivity index (χ3v) is 12.0. The van der Waals surface area contributed by atoms with Gasteiger partial charge in [-0.2, -0.15) is 0 Å². The highest BCUT2D eigenvalue weighted by atomic mass is 32.1. The van der Waals surface area contributed by atoms with Gasteiger partial charge < -0.3 is 9.32 Å². The molecule has 0 aliphatic heterocycles. The molecule has 0 unspecified atom stereocenters. The molecule has 0 saturated carbocycles. The molecule has 0 N–H and O–H groups in total. The van der Waals surface area contributed by atoms with Gasteiger partial charge in [0.15, 0.2) is 0 Å². The Morgan fingerprint density at radius 1 is 0.345 bits per heavy atom.